The van der Waals surface area contributed by atoms with Gasteiger partial charge in [-0.3, -0.25) is 19.1 Å². The number of rotatable bonds is 8. The van der Waals surface area contributed by atoms with Crippen molar-refractivity contribution in [3.63, 3.8) is 0 Å². The predicted molar refractivity (Wildman–Crippen MR) is 128 cm³/mol. The Kier molecular flexibility index (Phi) is 7.40. The van der Waals surface area contributed by atoms with Crippen molar-refractivity contribution in [1.82, 2.24) is 15.1 Å². The number of nitrogens with two attached hydrogens (primary N) is 1. The van der Waals surface area contributed by atoms with Crippen molar-refractivity contribution >= 4 is 29.5 Å². The van der Waals surface area contributed by atoms with Crippen LogP contribution in [-0.2, 0) is 16.1 Å². The van der Waals surface area contributed by atoms with Crippen LogP contribution < -0.4 is 16.4 Å². The number of aryl methyl sites for hydroxylation is 2. The maximum atomic E-state index is 12.4. The number of hydrogen-bond acceptors (Lipinski definition) is 4. The van der Waals surface area contributed by atoms with E-state index in [1.807, 2.05) is 18.5 Å². The minimum Gasteiger partial charge on any atom is -0.368 e. The first-order valence-corrected chi connectivity index (χ1v) is 10.5. The molecule has 33 heavy (non-hydrogen) atoms. The molecule has 0 aliphatic rings. The topological polar surface area (TPSA) is 119 Å². The Morgan fingerprint density at radius 2 is 1.67 bits per heavy atom. The molecule has 0 radical (unpaired) electrons. The molecule has 0 unspecified atom stereocenters. The number of nitrogens with one attached hydrogen (secondary N) is 2. The van der Waals surface area contributed by atoms with Crippen molar-refractivity contribution in [2.45, 2.75) is 27.3 Å². The van der Waals surface area contributed by atoms with Gasteiger partial charge in [0.2, 0.25) is 11.8 Å². The van der Waals surface area contributed by atoms with Gasteiger partial charge < -0.3 is 16.4 Å². The zero-order valence-electron chi connectivity index (χ0n) is 18.9. The summed E-state index contributed by atoms with van der Waals surface area (Å²) in [5.74, 6) is -1.34. The van der Waals surface area contributed by atoms with Gasteiger partial charge in [-0.2, -0.15) is 5.10 Å². The highest BCUT2D eigenvalue weighted by molar-refractivity contribution is 6.02. The Hall–Kier alpha value is -4.20. The van der Waals surface area contributed by atoms with E-state index in [0.717, 1.165) is 22.5 Å². The van der Waals surface area contributed by atoms with Gasteiger partial charge in [0.05, 0.1) is 18.8 Å². The van der Waals surface area contributed by atoms with Crippen molar-refractivity contribution in [3.8, 4) is 0 Å². The summed E-state index contributed by atoms with van der Waals surface area (Å²) >= 11 is 0. The fourth-order valence-corrected chi connectivity index (χ4v) is 3.29. The third-order valence-corrected chi connectivity index (χ3v) is 5.13. The zero-order valence-corrected chi connectivity index (χ0v) is 18.9. The standard InChI is InChI=1S/C25H27N5O3/c1-16-4-6-19(7-5-16)15-30-18(3)22(17(2)29-30)12-13-24(32)28-21-10-8-20(9-11-21)25(33)27-14-23(26)31/h4-13H,14-15H2,1-3H3,(H2,26,31)(H,27,33)(H,28,32)/b13-12+. The average Bonchev–Trinajstić information content (AvgIpc) is 3.05. The fraction of sp³-hybridized carbons (Fsp3) is 0.200. The van der Waals surface area contributed by atoms with E-state index in [1.165, 1.54) is 11.6 Å². The molecule has 0 saturated carbocycles. The second kappa shape index (κ2) is 10.4. The van der Waals surface area contributed by atoms with Gasteiger partial charge in [0.25, 0.3) is 5.91 Å². The summed E-state index contributed by atoms with van der Waals surface area (Å²) in [4.78, 5) is 35.1. The predicted octanol–water partition coefficient (Wildman–Crippen LogP) is 2.72. The van der Waals surface area contributed by atoms with Gasteiger partial charge >= 0.3 is 0 Å². The Morgan fingerprint density at radius 1 is 1.00 bits per heavy atom. The minimum atomic E-state index is -0.620. The number of primary amides is 1. The Bertz CT molecular complexity index is 1190. The van der Waals surface area contributed by atoms with Crippen molar-refractivity contribution in [2.75, 3.05) is 11.9 Å². The van der Waals surface area contributed by atoms with Crippen LogP contribution in [0.1, 0.15) is 38.4 Å². The van der Waals surface area contributed by atoms with E-state index in [-0.39, 0.29) is 12.5 Å². The molecule has 3 amide bonds. The zero-order chi connectivity index (χ0) is 24.0. The maximum absolute atomic E-state index is 12.4. The van der Waals surface area contributed by atoms with Crippen molar-refractivity contribution in [2.24, 2.45) is 5.73 Å². The number of nitrogens with zero attached hydrogens (tertiary/aromatic N) is 2. The van der Waals surface area contributed by atoms with E-state index < -0.39 is 11.8 Å². The van der Waals surface area contributed by atoms with E-state index in [9.17, 15) is 14.4 Å². The summed E-state index contributed by atoms with van der Waals surface area (Å²) < 4.78 is 1.93. The lowest BCUT2D eigenvalue weighted by Gasteiger charge is -2.06. The molecule has 8 heteroatoms. The quantitative estimate of drug-likeness (QED) is 0.462. The molecule has 8 nitrogen and oxygen atoms in total. The molecule has 3 aromatic rings. The number of amides is 3. The molecule has 3 rings (SSSR count). The van der Waals surface area contributed by atoms with Crippen LogP contribution in [0.15, 0.2) is 54.6 Å². The number of hydrogen-bond donors (Lipinski definition) is 3. The molecule has 2 aromatic carbocycles. The third-order valence-electron chi connectivity index (χ3n) is 5.13. The van der Waals surface area contributed by atoms with Crippen LogP contribution in [-0.4, -0.2) is 34.0 Å². The van der Waals surface area contributed by atoms with Gasteiger partial charge in [-0.05, 0) is 56.7 Å². The Labute approximate surface area is 192 Å². The van der Waals surface area contributed by atoms with Gasteiger partial charge in [0, 0.05) is 28.6 Å². The lowest BCUT2D eigenvalue weighted by molar-refractivity contribution is -0.117. The van der Waals surface area contributed by atoms with Crippen LogP contribution in [0.3, 0.4) is 0 Å². The largest absolute Gasteiger partial charge is 0.368 e. The number of aromatic nitrogens is 2. The third kappa shape index (κ3) is 6.39. The van der Waals surface area contributed by atoms with E-state index in [2.05, 4.69) is 46.9 Å². The Morgan fingerprint density at radius 3 is 2.30 bits per heavy atom. The SMILES string of the molecule is Cc1ccc(Cn2nc(C)c(/C=C/C(=O)Nc3ccc(C(=O)NCC(N)=O)cc3)c2C)cc1. The number of anilines is 1. The first-order valence-electron chi connectivity index (χ1n) is 10.5. The molecule has 0 spiro atoms. The smallest absolute Gasteiger partial charge is 0.251 e. The highest BCUT2D eigenvalue weighted by atomic mass is 16.2. The molecule has 0 bridgehead atoms. The first kappa shape index (κ1) is 23.5. The van der Waals surface area contributed by atoms with Crippen molar-refractivity contribution in [1.29, 1.82) is 0 Å². The lowest BCUT2D eigenvalue weighted by atomic mass is 10.1. The highest BCUT2D eigenvalue weighted by Crippen LogP contribution is 2.17. The molecule has 0 saturated heterocycles. The monoisotopic (exact) mass is 445 g/mol. The highest BCUT2D eigenvalue weighted by Gasteiger charge is 2.11. The summed E-state index contributed by atoms with van der Waals surface area (Å²) in [5.41, 5.74) is 11.0. The molecule has 4 N–H and O–H groups in total. The van der Waals surface area contributed by atoms with Crippen LogP contribution in [0.5, 0.6) is 0 Å². The van der Waals surface area contributed by atoms with Crippen molar-refractivity contribution < 1.29 is 14.4 Å². The number of carbonyl (C=O) groups is 3. The van der Waals surface area contributed by atoms with Gasteiger partial charge in [-0.15, -0.1) is 0 Å². The molecular weight excluding hydrogens is 418 g/mol. The molecule has 0 fully saturated rings. The van der Waals surface area contributed by atoms with Crippen LogP contribution in [0, 0.1) is 20.8 Å². The van der Waals surface area contributed by atoms with E-state index in [0.29, 0.717) is 17.8 Å². The van der Waals surface area contributed by atoms with Gasteiger partial charge in [-0.25, -0.2) is 0 Å². The van der Waals surface area contributed by atoms with E-state index in [4.69, 9.17) is 5.73 Å². The molecule has 170 valence electrons. The van der Waals surface area contributed by atoms with E-state index >= 15 is 0 Å². The molecular formula is C25H27N5O3. The van der Waals surface area contributed by atoms with E-state index in [1.54, 1.807) is 30.3 Å². The fourth-order valence-electron chi connectivity index (χ4n) is 3.29. The molecule has 0 aliphatic heterocycles. The van der Waals surface area contributed by atoms with Crippen LogP contribution >= 0.6 is 0 Å². The Balaban J connectivity index is 1.62. The summed E-state index contributed by atoms with van der Waals surface area (Å²) in [7, 11) is 0. The first-order chi connectivity index (χ1) is 15.7. The average molecular weight is 446 g/mol. The van der Waals surface area contributed by atoms with Crippen LogP contribution in [0.25, 0.3) is 6.08 Å². The molecule has 1 aromatic heterocycles. The summed E-state index contributed by atoms with van der Waals surface area (Å²) in [6.45, 7) is 6.37. The molecule has 0 aliphatic carbocycles. The van der Waals surface area contributed by atoms with Gasteiger partial charge in [0.15, 0.2) is 0 Å². The lowest BCUT2D eigenvalue weighted by Crippen LogP contribution is -2.33. The van der Waals surface area contributed by atoms with Crippen molar-refractivity contribution in [3.05, 3.63) is 88.2 Å². The summed E-state index contributed by atoms with van der Waals surface area (Å²) in [5, 5.41) is 9.78. The van der Waals surface area contributed by atoms with Crippen LogP contribution in [0.2, 0.25) is 0 Å². The second-order valence-corrected chi connectivity index (χ2v) is 7.78. The second-order valence-electron chi connectivity index (χ2n) is 7.78. The maximum Gasteiger partial charge on any atom is 0.251 e. The number of carbonyl (C=O) groups excluding carboxylic acids is 3. The number of benzene rings is 2. The molecule has 0 atom stereocenters. The van der Waals surface area contributed by atoms with Gasteiger partial charge in [0.1, 0.15) is 0 Å². The van der Waals surface area contributed by atoms with Gasteiger partial charge in [-0.1, -0.05) is 29.8 Å². The normalized spacial score (nSPS) is 10.9. The summed E-state index contributed by atoms with van der Waals surface area (Å²) in [6, 6.07) is 14.7. The molecule has 1 heterocycles. The minimum absolute atomic E-state index is 0.234. The summed E-state index contributed by atoms with van der Waals surface area (Å²) in [6.07, 6.45) is 3.21. The van der Waals surface area contributed by atoms with Crippen LogP contribution in [0.4, 0.5) is 5.69 Å².